The Morgan fingerprint density at radius 1 is 1.05 bits per heavy atom. The van der Waals surface area contributed by atoms with Crippen LogP contribution in [0.2, 0.25) is 0 Å². The Bertz CT molecular complexity index is 344. The zero-order valence-corrected chi connectivity index (χ0v) is 14.0. The average Bonchev–Trinajstić information content (AvgIpc) is 2.44. The number of hydrogen-bond donors (Lipinski definition) is 2. The molecule has 0 aliphatic carbocycles. The van der Waals surface area contributed by atoms with Crippen LogP contribution in [0.3, 0.4) is 0 Å². The monoisotopic (exact) mass is 326 g/mol. The molecule has 0 saturated heterocycles. The second kappa shape index (κ2) is 12.2. The van der Waals surface area contributed by atoms with Crippen LogP contribution in [0.5, 0.6) is 0 Å². The molecule has 0 aliphatic rings. The molecule has 0 amide bonds. The second-order valence-corrected chi connectivity index (χ2v) is 5.32. The molecule has 0 radical (unpaired) electrons. The van der Waals surface area contributed by atoms with Gasteiger partial charge in [-0.1, -0.05) is 70.6 Å². The van der Waals surface area contributed by atoms with Gasteiger partial charge in [0.15, 0.2) is 0 Å². The molecule has 2 nitrogen and oxygen atoms in total. The predicted octanol–water partition coefficient (Wildman–Crippen LogP) is 5.82. The molecular weight excluding hydrogens is 300 g/mol. The second-order valence-electron chi connectivity index (χ2n) is 4.52. The van der Waals surface area contributed by atoms with Gasteiger partial charge in [0.25, 0.3) is 0 Å². The molecule has 0 heterocycles. The summed E-state index contributed by atoms with van der Waals surface area (Å²) in [6, 6.07) is 7.67. The van der Waals surface area contributed by atoms with Crippen molar-refractivity contribution in [3.63, 3.8) is 0 Å². The number of rotatable bonds is 7. The van der Waals surface area contributed by atoms with E-state index in [4.69, 9.17) is 5.41 Å². The van der Waals surface area contributed by atoms with Gasteiger partial charge in [0.2, 0.25) is 0 Å². The topological polar surface area (TPSA) is 35.9 Å². The first kappa shape index (κ1) is 18.2. The molecule has 108 valence electrons. The van der Waals surface area contributed by atoms with Crippen molar-refractivity contribution in [1.82, 2.24) is 0 Å². The summed E-state index contributed by atoms with van der Waals surface area (Å²) in [5.41, 5.74) is 1.85. The third-order valence-electron chi connectivity index (χ3n) is 2.89. The molecule has 0 atom stereocenters. The van der Waals surface area contributed by atoms with Crippen molar-refractivity contribution in [2.75, 3.05) is 12.4 Å². The van der Waals surface area contributed by atoms with Crippen LogP contribution in [0, 0.1) is 5.41 Å². The molecule has 0 saturated carbocycles. The van der Waals surface area contributed by atoms with Crippen LogP contribution < -0.4 is 5.32 Å². The Kier molecular flexibility index (Phi) is 11.7. The lowest BCUT2D eigenvalue weighted by atomic mass is 10.1. The third-order valence-corrected chi connectivity index (χ3v) is 3.32. The van der Waals surface area contributed by atoms with Crippen LogP contribution in [0.1, 0.15) is 57.9 Å². The number of benzene rings is 1. The van der Waals surface area contributed by atoms with Gasteiger partial charge in [-0.3, -0.25) is 5.41 Å². The fourth-order valence-electron chi connectivity index (χ4n) is 1.75. The Hall–Kier alpha value is -0.830. The van der Waals surface area contributed by atoms with Crippen LogP contribution in [-0.2, 0) is 0 Å². The first-order chi connectivity index (χ1) is 9.17. The molecule has 0 spiro atoms. The Morgan fingerprint density at radius 2 is 1.58 bits per heavy atom. The fourth-order valence-corrected chi connectivity index (χ4v) is 2.09. The minimum absolute atomic E-state index is 0.405. The van der Waals surface area contributed by atoms with Crippen molar-refractivity contribution in [2.24, 2.45) is 0 Å². The van der Waals surface area contributed by atoms with Crippen molar-refractivity contribution in [3.05, 3.63) is 29.8 Å². The normalized spacial score (nSPS) is 9.47. The first-order valence-electron chi connectivity index (χ1n) is 7.18. The number of halogens is 1. The van der Waals surface area contributed by atoms with Gasteiger partial charge in [0, 0.05) is 18.3 Å². The number of nitrogens with one attached hydrogen (secondary N) is 2. The highest BCUT2D eigenvalue weighted by atomic mass is 79.9. The summed E-state index contributed by atoms with van der Waals surface area (Å²) in [6.45, 7) is 4.51. The van der Waals surface area contributed by atoms with Gasteiger partial charge >= 0.3 is 0 Å². The van der Waals surface area contributed by atoms with Gasteiger partial charge in [-0.25, -0.2) is 0 Å². The average molecular weight is 327 g/mol. The molecule has 0 fully saturated rings. The van der Waals surface area contributed by atoms with E-state index in [9.17, 15) is 0 Å². The number of para-hydroxylation sites is 1. The zero-order chi connectivity index (χ0) is 14.5. The SMILES string of the molecule is CCCCCCCC.CNc1ccccc1C(=N)Br. The molecule has 19 heavy (non-hydrogen) atoms. The molecule has 0 bridgehead atoms. The standard InChI is InChI=1S/C8H9BrN2.C8H18/c1-11-7-5-3-2-4-6(7)8(9)10;1-3-5-7-8-6-4-2/h2-5,10-11H,1H3;3-8H2,1-2H3. The van der Waals surface area contributed by atoms with E-state index >= 15 is 0 Å². The summed E-state index contributed by atoms with van der Waals surface area (Å²) in [7, 11) is 1.84. The molecule has 0 aromatic heterocycles. The van der Waals surface area contributed by atoms with Crippen LogP contribution in [0.15, 0.2) is 24.3 Å². The number of unbranched alkanes of at least 4 members (excludes halogenated alkanes) is 5. The van der Waals surface area contributed by atoms with Crippen LogP contribution in [0.25, 0.3) is 0 Å². The van der Waals surface area contributed by atoms with Crippen molar-refractivity contribution in [3.8, 4) is 0 Å². The van der Waals surface area contributed by atoms with Gasteiger partial charge < -0.3 is 5.32 Å². The smallest absolute Gasteiger partial charge is 0.106 e. The molecule has 2 N–H and O–H groups in total. The summed E-state index contributed by atoms with van der Waals surface area (Å²) < 4.78 is 0.405. The number of hydrogen-bond acceptors (Lipinski definition) is 2. The quantitative estimate of drug-likeness (QED) is 0.481. The minimum Gasteiger partial charge on any atom is -0.388 e. The Balaban J connectivity index is 0.000000362. The van der Waals surface area contributed by atoms with E-state index in [-0.39, 0.29) is 0 Å². The van der Waals surface area contributed by atoms with Crippen LogP contribution in [-0.4, -0.2) is 11.7 Å². The summed E-state index contributed by atoms with van der Waals surface area (Å²) in [5, 5.41) is 10.4. The van der Waals surface area contributed by atoms with E-state index in [0.29, 0.717) is 4.62 Å². The van der Waals surface area contributed by atoms with Crippen molar-refractivity contribution < 1.29 is 0 Å². The van der Waals surface area contributed by atoms with Crippen molar-refractivity contribution >= 4 is 26.2 Å². The van der Waals surface area contributed by atoms with Gasteiger partial charge in [-0.05, 0) is 22.0 Å². The third kappa shape index (κ3) is 8.82. The Labute approximate surface area is 126 Å². The van der Waals surface area contributed by atoms with Crippen LogP contribution in [0.4, 0.5) is 5.69 Å². The van der Waals surface area contributed by atoms with Gasteiger partial charge in [0.1, 0.15) is 4.62 Å². The summed E-state index contributed by atoms with van der Waals surface area (Å²) in [5.74, 6) is 0. The van der Waals surface area contributed by atoms with E-state index < -0.39 is 0 Å². The fraction of sp³-hybridized carbons (Fsp3) is 0.562. The maximum atomic E-state index is 7.36. The summed E-state index contributed by atoms with van der Waals surface area (Å²) in [4.78, 5) is 0. The minimum atomic E-state index is 0.405. The van der Waals surface area contributed by atoms with Gasteiger partial charge in [-0.15, -0.1) is 0 Å². The van der Waals surface area contributed by atoms with Gasteiger partial charge in [-0.2, -0.15) is 0 Å². The first-order valence-corrected chi connectivity index (χ1v) is 7.97. The van der Waals surface area contributed by atoms with E-state index in [1.165, 1.54) is 38.5 Å². The summed E-state index contributed by atoms with van der Waals surface area (Å²) >= 11 is 3.12. The van der Waals surface area contributed by atoms with E-state index in [2.05, 4.69) is 35.1 Å². The predicted molar refractivity (Wildman–Crippen MR) is 90.8 cm³/mol. The van der Waals surface area contributed by atoms with E-state index in [0.717, 1.165) is 11.3 Å². The van der Waals surface area contributed by atoms with E-state index in [1.807, 2.05) is 31.3 Å². The zero-order valence-electron chi connectivity index (χ0n) is 12.4. The highest BCUT2D eigenvalue weighted by Crippen LogP contribution is 2.16. The lowest BCUT2D eigenvalue weighted by molar-refractivity contribution is 0.624. The van der Waals surface area contributed by atoms with Crippen molar-refractivity contribution in [1.29, 1.82) is 5.41 Å². The molecule has 1 aromatic carbocycles. The van der Waals surface area contributed by atoms with Crippen LogP contribution >= 0.6 is 15.9 Å². The number of anilines is 1. The lowest BCUT2D eigenvalue weighted by Gasteiger charge is -2.04. The highest BCUT2D eigenvalue weighted by Gasteiger charge is 2.00. The maximum absolute atomic E-state index is 7.36. The largest absolute Gasteiger partial charge is 0.388 e. The maximum Gasteiger partial charge on any atom is 0.106 e. The molecule has 1 aromatic rings. The molecule has 0 unspecified atom stereocenters. The van der Waals surface area contributed by atoms with Crippen molar-refractivity contribution in [2.45, 2.75) is 52.4 Å². The molecule has 1 rings (SSSR count). The molecular formula is C16H27BrN2. The van der Waals surface area contributed by atoms with Gasteiger partial charge in [0.05, 0.1) is 0 Å². The van der Waals surface area contributed by atoms with E-state index in [1.54, 1.807) is 0 Å². The lowest BCUT2D eigenvalue weighted by Crippen LogP contribution is -1.96. The molecule has 0 aliphatic heterocycles. The highest BCUT2D eigenvalue weighted by molar-refractivity contribution is 9.18. The molecule has 3 heteroatoms. The Morgan fingerprint density at radius 3 is 1.95 bits per heavy atom. The summed E-state index contributed by atoms with van der Waals surface area (Å²) in [6.07, 6.45) is 8.49.